The Morgan fingerprint density at radius 3 is 1.04 bits per heavy atom. The van der Waals surface area contributed by atoms with Gasteiger partial charge in [0.25, 0.3) is 0 Å². The molecule has 3 rings (SSSR count). The van der Waals surface area contributed by atoms with Crippen LogP contribution in [0.5, 0.6) is 0 Å². The number of carbonyl (C=O) groups is 18. The van der Waals surface area contributed by atoms with Crippen molar-refractivity contribution < 1.29 is 91.4 Å². The fourth-order valence-electron chi connectivity index (χ4n) is 13.7. The number of aromatic nitrogens is 1. The van der Waals surface area contributed by atoms with Crippen LogP contribution < -0.4 is 168 Å². The van der Waals surface area contributed by atoms with Crippen LogP contribution in [0.2, 0.25) is 0 Å². The lowest BCUT2D eigenvalue weighted by molar-refractivity contribution is -0.136. The first kappa shape index (κ1) is 121. The highest BCUT2D eigenvalue weighted by Crippen LogP contribution is 2.20. The molecular weight excluding hydrogens is 1870 g/mol. The number of H-pyrrole nitrogens is 1. The van der Waals surface area contributed by atoms with E-state index in [1.807, 2.05) is 24.3 Å². The first-order valence-electron chi connectivity index (χ1n) is 46.3. The molecule has 143 heavy (non-hydrogen) atoms. The van der Waals surface area contributed by atoms with Gasteiger partial charge in [-0.1, -0.05) is 76.2 Å². The molecule has 0 unspecified atom stereocenters. The van der Waals surface area contributed by atoms with Gasteiger partial charge in [0, 0.05) is 62.8 Å². The lowest BCUT2D eigenvalue weighted by Crippen LogP contribution is -2.60. The van der Waals surface area contributed by atoms with Crippen molar-refractivity contribution in [2.24, 2.45) is 57.7 Å². The Balaban J connectivity index is 1.83. The van der Waals surface area contributed by atoms with E-state index in [0.717, 1.165) is 16.5 Å². The minimum Gasteiger partial charge on any atom is -0.394 e. The number of hydrogen-bond donors (Lipinski definition) is 39. The lowest BCUT2D eigenvalue weighted by atomic mass is 10.0. The third-order valence-electron chi connectivity index (χ3n) is 21.2. The van der Waals surface area contributed by atoms with Gasteiger partial charge in [0.05, 0.1) is 45.4 Å². The molecule has 57 heteroatoms. The quantitative estimate of drug-likeness (QED) is 0.0142. The third-order valence-corrected chi connectivity index (χ3v) is 21.2. The van der Waals surface area contributed by atoms with Crippen LogP contribution in [0.3, 0.4) is 0 Å². The standard InChI is InChI=1S/C86H144N38O19/c1-44(2)34-59(77(140)114-46(5)68(131)117-54(23-13-29-102-82(91)92)72(135)111-39-63(127)108-40-64(128)115-53(22-12-28-101-81(89)90)71(134)109-38-62(88)126)122-76(139)57(26-16-32-105-85(97)98)119-75(138)58(27-17-33-106-86(99)100)120-80(143)67(45(3)4)124-66(130)42-112-73(136)55(24-14-30-103-83(93)94)118-79(142)61(43-125)123-78(141)60(35-48-18-8-7-9-19-48)121-69(132)47(6)113-74(137)56(25-15-31-104-84(95)96)116-65(129)41-110-70(133)51(87)36-49-37-107-52-21-11-10-20-50(49)52/h7-11,18-21,37,44-47,51,53-61,67,107,125H,12-17,22-36,38-43,87H2,1-6H3,(H2,88,126)(H,108,127)(H,109,134)(H,110,133)(H,111,135)(H,112,136)(H,113,137)(H,114,140)(H,115,128)(H,116,129)(H,117,131)(H,118,142)(H,119,138)(H,120,143)(H,121,132)(H,122,139)(H,123,141)(H,124,130)(H4,89,90,101)(H4,91,92,102)(H4,93,94,103)(H4,95,96,104)(H4,97,98,105)(H4,99,100,106)/t46-,47-,51-,53-,54-,55-,56-,57-,58-,59-,60-,61-,67-/m0/s1. The fourth-order valence-corrected chi connectivity index (χ4v) is 13.7. The molecule has 0 aliphatic rings. The number of para-hydroxylation sites is 1. The second-order valence-electron chi connectivity index (χ2n) is 34.1. The summed E-state index contributed by atoms with van der Waals surface area (Å²) >= 11 is 0. The van der Waals surface area contributed by atoms with E-state index in [2.05, 4.69) is 127 Å². The molecule has 0 radical (unpaired) electrons. The van der Waals surface area contributed by atoms with Crippen molar-refractivity contribution in [3.8, 4) is 0 Å². The maximum absolute atomic E-state index is 14.7. The van der Waals surface area contributed by atoms with E-state index in [9.17, 15) is 91.4 Å². The zero-order chi connectivity index (χ0) is 107. The number of nitrogens with two attached hydrogens (primary N) is 8. The number of aliphatic hydroxyl groups excluding tert-OH is 1. The van der Waals surface area contributed by atoms with Crippen molar-refractivity contribution >= 4 is 153 Å². The smallest absolute Gasteiger partial charge is 0.245 e. The number of aliphatic hydroxyl groups is 1. The van der Waals surface area contributed by atoms with E-state index in [4.69, 9.17) is 78.3 Å². The minimum absolute atomic E-state index is 0.00553. The molecule has 2 aromatic carbocycles. The van der Waals surface area contributed by atoms with E-state index < -0.39 is 254 Å². The number of nitrogens with one attached hydrogen (secondary N) is 30. The van der Waals surface area contributed by atoms with E-state index >= 15 is 0 Å². The van der Waals surface area contributed by atoms with Crippen LogP contribution in [0.15, 0.2) is 60.8 Å². The summed E-state index contributed by atoms with van der Waals surface area (Å²) in [6, 6.07) is -3.46. The van der Waals surface area contributed by atoms with Gasteiger partial charge >= 0.3 is 0 Å². The normalized spacial score (nSPS) is 13.6. The number of benzene rings is 2. The van der Waals surface area contributed by atoms with Gasteiger partial charge in [0.15, 0.2) is 35.8 Å². The summed E-state index contributed by atoms with van der Waals surface area (Å²) in [6.45, 7) is 4.55. The molecule has 0 aliphatic carbocycles. The van der Waals surface area contributed by atoms with Crippen molar-refractivity contribution in [2.45, 2.75) is 216 Å². The number of aromatic amines is 1. The van der Waals surface area contributed by atoms with Crippen LogP contribution in [0, 0.1) is 44.3 Å². The van der Waals surface area contributed by atoms with Crippen LogP contribution in [0.25, 0.3) is 10.9 Å². The maximum Gasteiger partial charge on any atom is 0.245 e. The van der Waals surface area contributed by atoms with Gasteiger partial charge in [-0.2, -0.15) is 0 Å². The van der Waals surface area contributed by atoms with Gasteiger partial charge in [-0.05, 0) is 133 Å². The molecule has 0 saturated heterocycles. The van der Waals surface area contributed by atoms with Crippen LogP contribution >= 0.6 is 0 Å². The summed E-state index contributed by atoms with van der Waals surface area (Å²) in [5.74, 6) is -20.3. The number of primary amides is 1. The maximum atomic E-state index is 14.7. The molecule has 0 aliphatic heterocycles. The largest absolute Gasteiger partial charge is 0.394 e. The highest BCUT2D eigenvalue weighted by Gasteiger charge is 2.37. The molecule has 792 valence electrons. The van der Waals surface area contributed by atoms with Crippen molar-refractivity contribution in [1.29, 1.82) is 32.5 Å². The van der Waals surface area contributed by atoms with Crippen LogP contribution in [0.4, 0.5) is 0 Å². The summed E-state index contributed by atoms with van der Waals surface area (Å²) in [6.07, 6.45) is 1.09. The number of guanidine groups is 6. The van der Waals surface area contributed by atoms with E-state index in [1.54, 1.807) is 50.4 Å². The number of rotatable bonds is 67. The molecule has 13 atom stereocenters. The van der Waals surface area contributed by atoms with Gasteiger partial charge in [0.2, 0.25) is 106 Å². The predicted octanol–water partition coefficient (Wildman–Crippen LogP) is -12.5. The topological polar surface area (TPSA) is 971 Å². The molecule has 57 nitrogen and oxygen atoms in total. The van der Waals surface area contributed by atoms with E-state index in [-0.39, 0.29) is 153 Å². The fraction of sp³-hybridized carbons (Fsp3) is 0.558. The second-order valence-corrected chi connectivity index (χ2v) is 34.1. The summed E-state index contributed by atoms with van der Waals surface area (Å²) < 4.78 is 0. The molecule has 0 saturated carbocycles. The van der Waals surface area contributed by atoms with Gasteiger partial charge in [-0.3, -0.25) is 119 Å². The Labute approximate surface area is 825 Å². The lowest BCUT2D eigenvalue weighted by Gasteiger charge is -2.28. The summed E-state index contributed by atoms with van der Waals surface area (Å²) in [4.78, 5) is 251. The number of amides is 18. The highest BCUT2D eigenvalue weighted by molar-refractivity contribution is 6.01. The first-order valence-corrected chi connectivity index (χ1v) is 46.3. The highest BCUT2D eigenvalue weighted by atomic mass is 16.3. The Morgan fingerprint density at radius 1 is 0.315 bits per heavy atom. The van der Waals surface area contributed by atoms with Crippen molar-refractivity contribution in [3.05, 3.63) is 71.9 Å². The molecule has 1 heterocycles. The van der Waals surface area contributed by atoms with Crippen molar-refractivity contribution in [2.75, 3.05) is 78.6 Å². The monoisotopic (exact) mass is 2010 g/mol. The summed E-state index contributed by atoms with van der Waals surface area (Å²) in [5.41, 5.74) is 46.2. The van der Waals surface area contributed by atoms with Gasteiger partial charge in [0.1, 0.15) is 72.5 Å². The SMILES string of the molecule is CC(C)C[C@H](NC(=O)[C@H](CCCNC(=N)N)NC(=O)[C@H](CCCNC(=N)N)NC(=O)[C@@H](NC(=O)CNC(=O)[C@H](CCCNC(=N)N)NC(=O)[C@H](CO)NC(=O)[C@H](Cc1ccccc1)NC(=O)[C@H](C)NC(=O)[C@H](CCCNC(=N)N)NC(=O)CNC(=O)[C@@H](N)Cc1c[nH]c2ccccc12)C(C)C)C(=O)N[C@@H](C)C(=O)N[C@@H](CCCNC(=N)N)C(=O)NCC(=O)NCC(=O)N[C@@H](CCCNC(=N)N)C(=O)NCC(N)=O. The average Bonchev–Trinajstić information content (AvgIpc) is 1.70. The molecule has 3 aromatic rings. The van der Waals surface area contributed by atoms with E-state index in [0.29, 0.717) is 5.56 Å². The molecule has 0 fully saturated rings. The Morgan fingerprint density at radius 2 is 0.629 bits per heavy atom. The second kappa shape index (κ2) is 65.0. The molecule has 18 amide bonds. The predicted molar refractivity (Wildman–Crippen MR) is 525 cm³/mol. The van der Waals surface area contributed by atoms with Gasteiger partial charge in [-0.25, -0.2) is 0 Å². The molecular formula is C86H144N38O19. The first-order chi connectivity index (χ1) is 67.6. The Hall–Kier alpha value is -16.0. The number of hydrogen-bond acceptors (Lipinski definition) is 26. The van der Waals surface area contributed by atoms with E-state index in [1.165, 1.54) is 27.7 Å². The third kappa shape index (κ3) is 49.9. The van der Waals surface area contributed by atoms with Crippen molar-refractivity contribution in [3.63, 3.8) is 0 Å². The minimum atomic E-state index is -1.86. The summed E-state index contributed by atoms with van der Waals surface area (Å²) in [7, 11) is 0. The Bertz CT molecular complexity index is 4850. The zero-order valence-corrected chi connectivity index (χ0v) is 80.9. The number of carbonyl (C=O) groups excluding carboxylic acids is 18. The summed E-state index contributed by atoms with van der Waals surface area (Å²) in [5, 5.41) is 114. The van der Waals surface area contributed by atoms with Crippen LogP contribution in [-0.2, 0) is 99.1 Å². The molecule has 47 N–H and O–H groups in total. The van der Waals surface area contributed by atoms with Crippen LogP contribution in [0.1, 0.15) is 136 Å². The Kier molecular flexibility index (Phi) is 55.1. The molecule has 1 aromatic heterocycles. The van der Waals surface area contributed by atoms with Crippen LogP contribution in [-0.4, -0.2) is 309 Å². The van der Waals surface area contributed by atoms with Crippen molar-refractivity contribution in [1.82, 2.24) is 127 Å². The zero-order valence-electron chi connectivity index (χ0n) is 80.9. The molecule has 0 spiro atoms. The van der Waals surface area contributed by atoms with Gasteiger partial charge < -0.3 is 178 Å². The molecule has 0 bridgehead atoms. The van der Waals surface area contributed by atoms with Gasteiger partial charge in [-0.15, -0.1) is 0 Å². The number of fused-ring (bicyclic) bond motifs is 1. The average molecular weight is 2010 g/mol.